The fourth-order valence-corrected chi connectivity index (χ4v) is 2.10. The third-order valence-electron chi connectivity index (χ3n) is 2.47. The minimum Gasteiger partial charge on any atom is -0.369 e. The Bertz CT molecular complexity index is 587. The molecule has 20 heavy (non-hydrogen) atoms. The second kappa shape index (κ2) is 6.76. The predicted octanol–water partition coefficient (Wildman–Crippen LogP) is 3.17. The number of anilines is 2. The van der Waals surface area contributed by atoms with Gasteiger partial charge in [0.2, 0.25) is 5.89 Å². The van der Waals surface area contributed by atoms with Crippen LogP contribution in [0.4, 0.5) is 11.6 Å². The van der Waals surface area contributed by atoms with Crippen LogP contribution in [0.3, 0.4) is 0 Å². The maximum Gasteiger partial charge on any atom is 0.228 e. The van der Waals surface area contributed by atoms with Crippen LogP contribution in [-0.4, -0.2) is 28.2 Å². The highest BCUT2D eigenvalue weighted by atomic mass is 35.5. The lowest BCUT2D eigenvalue weighted by molar-refractivity contribution is 0.377. The lowest BCUT2D eigenvalue weighted by atomic mass is 10.4. The maximum atomic E-state index is 6.10. The third kappa shape index (κ3) is 3.74. The Morgan fingerprint density at radius 2 is 1.85 bits per heavy atom. The topological polar surface area (TPSA) is 75.9 Å². The monoisotopic (exact) mass is 315 g/mol. The van der Waals surface area contributed by atoms with Crippen molar-refractivity contribution in [1.82, 2.24) is 15.1 Å². The van der Waals surface area contributed by atoms with Gasteiger partial charge in [0, 0.05) is 19.5 Å². The standard InChI is InChI=1S/C12H15Cl2N5O/c1-3-15-11-8(13)6-9(14)12(18-11)16-5-4-10-17-7(2)19-20-10/h6H,3-5H2,1-2H3,(H2,15,16,18). The van der Waals surface area contributed by atoms with Gasteiger partial charge in [-0.25, -0.2) is 4.98 Å². The smallest absolute Gasteiger partial charge is 0.228 e. The average molecular weight is 316 g/mol. The molecule has 2 aromatic heterocycles. The van der Waals surface area contributed by atoms with E-state index in [0.29, 0.717) is 46.4 Å². The van der Waals surface area contributed by atoms with E-state index in [-0.39, 0.29) is 0 Å². The van der Waals surface area contributed by atoms with E-state index < -0.39 is 0 Å². The molecule has 2 heterocycles. The molecule has 8 heteroatoms. The van der Waals surface area contributed by atoms with E-state index in [0.717, 1.165) is 6.54 Å². The fourth-order valence-electron chi connectivity index (χ4n) is 1.61. The van der Waals surface area contributed by atoms with Crippen molar-refractivity contribution in [2.24, 2.45) is 0 Å². The molecule has 108 valence electrons. The van der Waals surface area contributed by atoms with Gasteiger partial charge in [-0.3, -0.25) is 0 Å². The first-order valence-electron chi connectivity index (χ1n) is 6.23. The summed E-state index contributed by atoms with van der Waals surface area (Å²) in [5, 5.41) is 10.9. The van der Waals surface area contributed by atoms with Gasteiger partial charge >= 0.3 is 0 Å². The van der Waals surface area contributed by atoms with Crippen molar-refractivity contribution in [2.75, 3.05) is 23.7 Å². The lowest BCUT2D eigenvalue weighted by Crippen LogP contribution is -2.09. The summed E-state index contributed by atoms with van der Waals surface area (Å²) in [5.74, 6) is 2.38. The van der Waals surface area contributed by atoms with E-state index in [2.05, 4.69) is 25.8 Å². The molecule has 0 aromatic carbocycles. The summed E-state index contributed by atoms with van der Waals surface area (Å²) in [6.45, 7) is 5.06. The van der Waals surface area contributed by atoms with Crippen molar-refractivity contribution in [3.8, 4) is 0 Å². The molecule has 0 spiro atoms. The van der Waals surface area contributed by atoms with Gasteiger partial charge in [-0.05, 0) is 19.9 Å². The third-order valence-corrected chi connectivity index (χ3v) is 3.05. The summed E-state index contributed by atoms with van der Waals surface area (Å²) in [5.41, 5.74) is 0. The number of hydrogen-bond donors (Lipinski definition) is 2. The number of nitrogens with one attached hydrogen (secondary N) is 2. The molecule has 2 rings (SSSR count). The molecule has 6 nitrogen and oxygen atoms in total. The van der Waals surface area contributed by atoms with Crippen LogP contribution >= 0.6 is 23.2 Å². The van der Waals surface area contributed by atoms with Gasteiger partial charge in [0.15, 0.2) is 5.82 Å². The fraction of sp³-hybridized carbons (Fsp3) is 0.417. The van der Waals surface area contributed by atoms with Crippen molar-refractivity contribution < 1.29 is 4.52 Å². The highest BCUT2D eigenvalue weighted by Crippen LogP contribution is 2.29. The summed E-state index contributed by atoms with van der Waals surface area (Å²) in [6, 6.07) is 1.66. The molecule has 0 aliphatic heterocycles. The summed E-state index contributed by atoms with van der Waals surface area (Å²) in [7, 11) is 0. The van der Waals surface area contributed by atoms with Crippen molar-refractivity contribution in [3.05, 3.63) is 27.8 Å². The van der Waals surface area contributed by atoms with Gasteiger partial charge in [-0.15, -0.1) is 0 Å². The first-order valence-corrected chi connectivity index (χ1v) is 6.98. The minimum atomic E-state index is 0.471. The lowest BCUT2D eigenvalue weighted by Gasteiger charge is -2.11. The van der Waals surface area contributed by atoms with Crippen LogP contribution in [0.25, 0.3) is 0 Å². The predicted molar refractivity (Wildman–Crippen MR) is 79.6 cm³/mol. The Hall–Kier alpha value is -1.53. The van der Waals surface area contributed by atoms with Gasteiger partial charge in [0.1, 0.15) is 11.6 Å². The number of aryl methyl sites for hydroxylation is 1. The van der Waals surface area contributed by atoms with Crippen molar-refractivity contribution in [3.63, 3.8) is 0 Å². The summed E-state index contributed by atoms with van der Waals surface area (Å²) in [4.78, 5) is 8.47. The molecule has 0 unspecified atom stereocenters. The Morgan fingerprint density at radius 3 is 2.45 bits per heavy atom. The number of nitrogens with zero attached hydrogens (tertiary/aromatic N) is 3. The van der Waals surface area contributed by atoms with Crippen LogP contribution in [0.5, 0.6) is 0 Å². The molecule has 0 amide bonds. The van der Waals surface area contributed by atoms with Crippen LogP contribution in [0.1, 0.15) is 18.6 Å². The highest BCUT2D eigenvalue weighted by Gasteiger charge is 2.09. The maximum absolute atomic E-state index is 6.10. The normalized spacial score (nSPS) is 10.6. The molecule has 0 aliphatic carbocycles. The molecule has 2 N–H and O–H groups in total. The van der Waals surface area contributed by atoms with Crippen LogP contribution in [-0.2, 0) is 6.42 Å². The summed E-state index contributed by atoms with van der Waals surface area (Å²) < 4.78 is 5.03. The molecular formula is C12H15Cl2N5O. The second-order valence-corrected chi connectivity index (χ2v) is 4.91. The highest BCUT2D eigenvalue weighted by molar-refractivity contribution is 6.37. The number of pyridine rings is 1. The molecule has 0 saturated heterocycles. The second-order valence-electron chi connectivity index (χ2n) is 4.09. The molecule has 0 atom stereocenters. The molecule has 0 fully saturated rings. The van der Waals surface area contributed by atoms with Gasteiger partial charge < -0.3 is 15.2 Å². The van der Waals surface area contributed by atoms with E-state index >= 15 is 0 Å². The first kappa shape index (κ1) is 14.9. The van der Waals surface area contributed by atoms with Crippen LogP contribution in [0, 0.1) is 6.92 Å². The van der Waals surface area contributed by atoms with Crippen LogP contribution < -0.4 is 10.6 Å². The van der Waals surface area contributed by atoms with E-state index in [4.69, 9.17) is 27.7 Å². The van der Waals surface area contributed by atoms with Gasteiger partial charge in [0.05, 0.1) is 10.0 Å². The van der Waals surface area contributed by atoms with E-state index in [1.54, 1.807) is 13.0 Å². The first-order chi connectivity index (χ1) is 9.60. The van der Waals surface area contributed by atoms with Gasteiger partial charge in [-0.2, -0.15) is 4.98 Å². The van der Waals surface area contributed by atoms with Crippen LogP contribution in [0.2, 0.25) is 10.0 Å². The average Bonchev–Trinajstić information content (AvgIpc) is 2.81. The van der Waals surface area contributed by atoms with Crippen LogP contribution in [0.15, 0.2) is 10.6 Å². The van der Waals surface area contributed by atoms with Gasteiger partial charge in [0.25, 0.3) is 0 Å². The zero-order chi connectivity index (χ0) is 14.5. The number of halogens is 2. The molecule has 2 aromatic rings. The summed E-state index contributed by atoms with van der Waals surface area (Å²) in [6.07, 6.45) is 0.595. The minimum absolute atomic E-state index is 0.471. The Kier molecular flexibility index (Phi) is 5.03. The van der Waals surface area contributed by atoms with Gasteiger partial charge in [-0.1, -0.05) is 28.4 Å². The molecule has 0 bridgehead atoms. The van der Waals surface area contributed by atoms with E-state index in [1.165, 1.54) is 0 Å². The number of hydrogen-bond acceptors (Lipinski definition) is 6. The zero-order valence-corrected chi connectivity index (χ0v) is 12.7. The van der Waals surface area contributed by atoms with E-state index in [9.17, 15) is 0 Å². The van der Waals surface area contributed by atoms with Crippen molar-refractivity contribution in [1.29, 1.82) is 0 Å². The Morgan fingerprint density at radius 1 is 1.15 bits per heavy atom. The van der Waals surface area contributed by atoms with Crippen molar-refractivity contribution >= 4 is 34.8 Å². The summed E-state index contributed by atoms with van der Waals surface area (Å²) >= 11 is 12.1. The quantitative estimate of drug-likeness (QED) is 0.852. The Balaban J connectivity index is 1.99. The largest absolute Gasteiger partial charge is 0.369 e. The van der Waals surface area contributed by atoms with Crippen molar-refractivity contribution in [2.45, 2.75) is 20.3 Å². The number of rotatable bonds is 6. The molecular weight excluding hydrogens is 301 g/mol. The SMILES string of the molecule is CCNc1nc(NCCc2nc(C)no2)c(Cl)cc1Cl. The van der Waals surface area contributed by atoms with E-state index in [1.807, 2.05) is 6.92 Å². The zero-order valence-electron chi connectivity index (χ0n) is 11.2. The molecule has 0 saturated carbocycles. The Labute approximate surface area is 126 Å². The molecule has 0 aliphatic rings. The number of aromatic nitrogens is 3. The molecule has 0 radical (unpaired) electrons.